The average molecular weight is 391 g/mol. The second kappa shape index (κ2) is 7.09. The van der Waals surface area contributed by atoms with Gasteiger partial charge in [0.05, 0.1) is 10.7 Å². The summed E-state index contributed by atoms with van der Waals surface area (Å²) < 4.78 is 13.2. The van der Waals surface area contributed by atoms with Gasteiger partial charge in [0.25, 0.3) is 5.91 Å². The lowest BCUT2D eigenvalue weighted by molar-refractivity contribution is 0.0788. The number of rotatable bonds is 4. The predicted molar refractivity (Wildman–Crippen MR) is 102 cm³/mol. The molecule has 0 bridgehead atoms. The molecule has 0 saturated carbocycles. The third-order valence-corrected chi connectivity index (χ3v) is 5.32. The quantitative estimate of drug-likeness (QED) is 0.665. The fraction of sp³-hybridized carbons (Fsp3) is 0.222. The van der Waals surface area contributed by atoms with E-state index in [9.17, 15) is 9.18 Å². The molecule has 0 atom stereocenters. The van der Waals surface area contributed by atoms with Gasteiger partial charge in [0.2, 0.25) is 0 Å². The van der Waals surface area contributed by atoms with E-state index in [1.54, 1.807) is 12.3 Å². The molecule has 1 aliphatic heterocycles. The molecule has 3 heterocycles. The van der Waals surface area contributed by atoms with Crippen LogP contribution in [0.15, 0.2) is 35.8 Å². The highest BCUT2D eigenvalue weighted by Crippen LogP contribution is 2.29. The summed E-state index contributed by atoms with van der Waals surface area (Å²) in [6, 6.07) is 6.25. The Morgan fingerprint density at radius 2 is 2.12 bits per heavy atom. The zero-order valence-corrected chi connectivity index (χ0v) is 15.3. The molecule has 1 saturated heterocycles. The smallest absolute Gasteiger partial charge is 0.270 e. The summed E-state index contributed by atoms with van der Waals surface area (Å²) in [5, 5.41) is 5.73. The van der Waals surface area contributed by atoms with E-state index < -0.39 is 5.82 Å². The molecule has 0 radical (unpaired) electrons. The van der Waals surface area contributed by atoms with E-state index in [4.69, 9.17) is 11.6 Å². The van der Waals surface area contributed by atoms with E-state index >= 15 is 0 Å². The van der Waals surface area contributed by atoms with Crippen LogP contribution in [0.5, 0.6) is 0 Å². The number of nitrogens with one attached hydrogen (secondary N) is 2. The minimum absolute atomic E-state index is 0.0308. The van der Waals surface area contributed by atoms with Crippen LogP contribution in [0.25, 0.3) is 11.3 Å². The van der Waals surface area contributed by atoms with Gasteiger partial charge in [-0.2, -0.15) is 0 Å². The molecule has 3 aromatic rings. The Bertz CT molecular complexity index is 948. The molecule has 0 aliphatic carbocycles. The fourth-order valence-corrected chi connectivity index (χ4v) is 3.84. The molecule has 4 rings (SSSR count). The van der Waals surface area contributed by atoms with Gasteiger partial charge in [0.1, 0.15) is 11.5 Å². The van der Waals surface area contributed by atoms with Crippen molar-refractivity contribution in [2.45, 2.75) is 12.8 Å². The number of halogens is 2. The fourth-order valence-electron chi connectivity index (χ4n) is 2.92. The van der Waals surface area contributed by atoms with Crippen LogP contribution in [-0.2, 0) is 0 Å². The Morgan fingerprint density at radius 1 is 1.31 bits per heavy atom. The number of benzene rings is 1. The molecule has 1 fully saturated rings. The van der Waals surface area contributed by atoms with Gasteiger partial charge in [-0.1, -0.05) is 11.6 Å². The van der Waals surface area contributed by atoms with Gasteiger partial charge in [0.15, 0.2) is 5.13 Å². The number of hydrogen-bond donors (Lipinski definition) is 2. The summed E-state index contributed by atoms with van der Waals surface area (Å²) in [5.74, 6) is -0.428. The maximum Gasteiger partial charge on any atom is 0.270 e. The average Bonchev–Trinajstić information content (AvgIpc) is 3.38. The highest BCUT2D eigenvalue weighted by molar-refractivity contribution is 7.14. The second-order valence-electron chi connectivity index (χ2n) is 6.09. The van der Waals surface area contributed by atoms with E-state index in [0.717, 1.165) is 37.2 Å². The van der Waals surface area contributed by atoms with E-state index in [0.29, 0.717) is 16.5 Å². The summed E-state index contributed by atoms with van der Waals surface area (Å²) >= 11 is 7.22. The zero-order chi connectivity index (χ0) is 18.1. The molecule has 26 heavy (non-hydrogen) atoms. The number of aromatic amines is 1. The summed E-state index contributed by atoms with van der Waals surface area (Å²) in [5.41, 5.74) is 2.86. The van der Waals surface area contributed by atoms with E-state index in [2.05, 4.69) is 15.3 Å². The van der Waals surface area contributed by atoms with E-state index in [1.165, 1.54) is 23.5 Å². The molecule has 1 amide bonds. The number of carbonyl (C=O) groups is 1. The number of aromatic nitrogens is 2. The maximum atomic E-state index is 13.2. The first-order valence-electron chi connectivity index (χ1n) is 8.26. The van der Waals surface area contributed by atoms with Gasteiger partial charge in [-0.05, 0) is 37.1 Å². The van der Waals surface area contributed by atoms with Gasteiger partial charge in [-0.15, -0.1) is 11.3 Å². The van der Waals surface area contributed by atoms with Crippen LogP contribution in [0.4, 0.5) is 15.2 Å². The number of thiazole rings is 1. The Balaban J connectivity index is 1.49. The number of H-pyrrole nitrogens is 1. The first-order chi connectivity index (χ1) is 12.6. The maximum absolute atomic E-state index is 13.2. The Labute approximate surface area is 158 Å². The SMILES string of the molecule is O=C(c1cc(-c2csc(Nc3ccc(F)c(Cl)c3)n2)c[nH]1)N1CCCC1. The summed E-state index contributed by atoms with van der Waals surface area (Å²) in [4.78, 5) is 21.9. The molecule has 2 aromatic heterocycles. The van der Waals surface area contributed by atoms with Crippen molar-refractivity contribution in [3.05, 3.63) is 52.4 Å². The standard InChI is InChI=1S/C18H16ClFN4OS/c19-13-8-12(3-4-14(13)20)22-18-23-16(10-26-18)11-7-15(21-9-11)17(25)24-5-1-2-6-24/h3-4,7-10,21H,1-2,5-6H2,(H,22,23). The Morgan fingerprint density at radius 3 is 2.88 bits per heavy atom. The molecule has 0 unspecified atom stereocenters. The monoisotopic (exact) mass is 390 g/mol. The van der Waals surface area contributed by atoms with Gasteiger partial charge >= 0.3 is 0 Å². The number of likely N-dealkylation sites (tertiary alicyclic amines) is 1. The number of hydrogen-bond acceptors (Lipinski definition) is 4. The van der Waals surface area contributed by atoms with Gasteiger partial charge in [-0.25, -0.2) is 9.37 Å². The number of nitrogens with zero attached hydrogens (tertiary/aromatic N) is 2. The normalized spacial score (nSPS) is 14.0. The van der Waals surface area contributed by atoms with Crippen molar-refractivity contribution < 1.29 is 9.18 Å². The zero-order valence-electron chi connectivity index (χ0n) is 13.8. The number of amides is 1. The van der Waals surface area contributed by atoms with Crippen molar-refractivity contribution in [3.63, 3.8) is 0 Å². The highest BCUT2D eigenvalue weighted by Gasteiger charge is 2.21. The highest BCUT2D eigenvalue weighted by atomic mass is 35.5. The molecule has 0 spiro atoms. The van der Waals surface area contributed by atoms with Crippen LogP contribution in [0, 0.1) is 5.82 Å². The first-order valence-corrected chi connectivity index (χ1v) is 9.51. The van der Waals surface area contributed by atoms with Crippen molar-refractivity contribution >= 4 is 39.7 Å². The van der Waals surface area contributed by atoms with Crippen molar-refractivity contribution in [2.24, 2.45) is 0 Å². The summed E-state index contributed by atoms with van der Waals surface area (Å²) in [7, 11) is 0. The minimum atomic E-state index is -0.459. The van der Waals surface area contributed by atoms with E-state index in [1.807, 2.05) is 16.3 Å². The largest absolute Gasteiger partial charge is 0.357 e. The van der Waals surface area contributed by atoms with Crippen LogP contribution < -0.4 is 5.32 Å². The topological polar surface area (TPSA) is 61.0 Å². The minimum Gasteiger partial charge on any atom is -0.357 e. The lowest BCUT2D eigenvalue weighted by Crippen LogP contribution is -2.27. The molecule has 5 nitrogen and oxygen atoms in total. The van der Waals surface area contributed by atoms with Crippen LogP contribution in [-0.4, -0.2) is 33.9 Å². The first kappa shape index (κ1) is 17.1. The second-order valence-corrected chi connectivity index (χ2v) is 7.36. The lowest BCUT2D eigenvalue weighted by atomic mass is 10.2. The molecule has 1 aliphatic rings. The summed E-state index contributed by atoms with van der Waals surface area (Å²) in [6.45, 7) is 1.64. The Hall–Kier alpha value is -2.38. The number of anilines is 2. The molecule has 2 N–H and O–H groups in total. The van der Waals surface area contributed by atoms with Gasteiger partial charge in [0, 0.05) is 35.9 Å². The molecule has 1 aromatic carbocycles. The van der Waals surface area contributed by atoms with Crippen molar-refractivity contribution in [1.82, 2.24) is 14.9 Å². The van der Waals surface area contributed by atoms with E-state index in [-0.39, 0.29) is 10.9 Å². The number of carbonyl (C=O) groups excluding carboxylic acids is 1. The van der Waals surface area contributed by atoms with Gasteiger partial charge < -0.3 is 15.2 Å². The van der Waals surface area contributed by atoms with Crippen LogP contribution in [0.2, 0.25) is 5.02 Å². The van der Waals surface area contributed by atoms with Gasteiger partial charge in [-0.3, -0.25) is 4.79 Å². The predicted octanol–water partition coefficient (Wildman–Crippen LogP) is 4.91. The molecule has 8 heteroatoms. The van der Waals surface area contributed by atoms with Crippen molar-refractivity contribution in [1.29, 1.82) is 0 Å². The molecule has 134 valence electrons. The van der Waals surface area contributed by atoms with Crippen LogP contribution >= 0.6 is 22.9 Å². The lowest BCUT2D eigenvalue weighted by Gasteiger charge is -2.13. The van der Waals surface area contributed by atoms with Crippen molar-refractivity contribution in [3.8, 4) is 11.3 Å². The Kier molecular flexibility index (Phi) is 4.65. The summed E-state index contributed by atoms with van der Waals surface area (Å²) in [6.07, 6.45) is 3.92. The molecular weight excluding hydrogens is 375 g/mol. The molecular formula is C18H16ClFN4OS. The third-order valence-electron chi connectivity index (χ3n) is 4.28. The van der Waals surface area contributed by atoms with Crippen LogP contribution in [0.1, 0.15) is 23.3 Å². The third kappa shape index (κ3) is 3.45. The van der Waals surface area contributed by atoms with Crippen LogP contribution in [0.3, 0.4) is 0 Å². The van der Waals surface area contributed by atoms with Crippen molar-refractivity contribution in [2.75, 3.05) is 18.4 Å².